The van der Waals surface area contributed by atoms with Gasteiger partial charge >= 0.3 is 6.03 Å². The lowest BCUT2D eigenvalue weighted by Gasteiger charge is -2.29. The van der Waals surface area contributed by atoms with Crippen molar-refractivity contribution in [2.75, 3.05) is 13.6 Å². The Morgan fingerprint density at radius 3 is 2.76 bits per heavy atom. The topological polar surface area (TPSA) is 105 Å². The molecule has 0 radical (unpaired) electrons. The molecule has 6 rings (SSSR count). The Bertz CT molecular complexity index is 1490. The van der Waals surface area contributed by atoms with Crippen molar-refractivity contribution in [1.29, 1.82) is 5.26 Å². The molecule has 9 heteroatoms. The molecular formula is C25H24N8O. The van der Waals surface area contributed by atoms with E-state index >= 15 is 0 Å². The lowest BCUT2D eigenvalue weighted by molar-refractivity contribution is 0.185. The lowest BCUT2D eigenvalue weighted by atomic mass is 10.00. The van der Waals surface area contributed by atoms with Crippen LogP contribution < -0.4 is 5.32 Å². The van der Waals surface area contributed by atoms with Crippen molar-refractivity contribution >= 4 is 16.9 Å². The van der Waals surface area contributed by atoms with Crippen LogP contribution in [0.3, 0.4) is 0 Å². The Morgan fingerprint density at radius 1 is 1.21 bits per heavy atom. The van der Waals surface area contributed by atoms with Crippen LogP contribution in [0.5, 0.6) is 0 Å². The third-order valence-electron chi connectivity index (χ3n) is 6.69. The Kier molecular flexibility index (Phi) is 4.62. The summed E-state index contributed by atoms with van der Waals surface area (Å²) in [4.78, 5) is 24.2. The number of nitriles is 1. The normalized spacial score (nSPS) is 15.3. The van der Waals surface area contributed by atoms with Crippen molar-refractivity contribution in [3.8, 4) is 28.6 Å². The van der Waals surface area contributed by atoms with Gasteiger partial charge in [0.05, 0.1) is 40.9 Å². The van der Waals surface area contributed by atoms with Gasteiger partial charge in [-0.15, -0.1) is 0 Å². The molecule has 1 aromatic carbocycles. The van der Waals surface area contributed by atoms with E-state index in [9.17, 15) is 10.1 Å². The standard InChI is InChI=1S/C25H24N8O/c1-27-25(34)32-8-9-33-21(14-32)23(30-24(33)15-6-7-15)18-4-3-5-20-19(18)10-16(11-26)22(29-20)17-12-28-31(2)13-17/h3-5,10,12-13,15H,6-9,14H2,1-2H3,(H,27,34). The summed E-state index contributed by atoms with van der Waals surface area (Å²) in [6.07, 6.45) is 5.89. The molecule has 0 bridgehead atoms. The van der Waals surface area contributed by atoms with Gasteiger partial charge in [0.25, 0.3) is 0 Å². The molecule has 2 aliphatic rings. The van der Waals surface area contributed by atoms with Crippen molar-refractivity contribution < 1.29 is 4.79 Å². The molecule has 34 heavy (non-hydrogen) atoms. The van der Waals surface area contributed by atoms with Gasteiger partial charge in [-0.2, -0.15) is 10.4 Å². The summed E-state index contributed by atoms with van der Waals surface area (Å²) in [7, 11) is 3.50. The maximum absolute atomic E-state index is 12.4. The van der Waals surface area contributed by atoms with Crippen molar-refractivity contribution in [3.05, 3.63) is 53.7 Å². The maximum atomic E-state index is 12.4. The quantitative estimate of drug-likeness (QED) is 0.513. The van der Waals surface area contributed by atoms with E-state index in [1.54, 1.807) is 17.9 Å². The number of fused-ring (bicyclic) bond motifs is 2. The second kappa shape index (κ2) is 7.70. The highest BCUT2D eigenvalue weighted by molar-refractivity contribution is 5.96. The number of urea groups is 1. The molecule has 1 N–H and O–H groups in total. The van der Waals surface area contributed by atoms with Gasteiger partial charge in [-0.05, 0) is 25.0 Å². The fourth-order valence-corrected chi connectivity index (χ4v) is 4.85. The van der Waals surface area contributed by atoms with Crippen molar-refractivity contribution in [2.24, 2.45) is 7.05 Å². The molecule has 1 aliphatic heterocycles. The van der Waals surface area contributed by atoms with E-state index in [4.69, 9.17) is 9.97 Å². The summed E-state index contributed by atoms with van der Waals surface area (Å²) in [5.74, 6) is 1.60. The number of imidazole rings is 1. The smallest absolute Gasteiger partial charge is 0.317 e. The number of nitrogens with zero attached hydrogens (tertiary/aromatic N) is 7. The Labute approximate surface area is 196 Å². The second-order valence-electron chi connectivity index (χ2n) is 8.94. The van der Waals surface area contributed by atoms with Gasteiger partial charge in [0.15, 0.2) is 0 Å². The first kappa shape index (κ1) is 20.4. The van der Waals surface area contributed by atoms with Gasteiger partial charge in [-0.3, -0.25) is 4.68 Å². The summed E-state index contributed by atoms with van der Waals surface area (Å²) < 4.78 is 4.00. The van der Waals surface area contributed by atoms with Gasteiger partial charge in [-0.25, -0.2) is 14.8 Å². The minimum Gasteiger partial charge on any atom is -0.341 e. The van der Waals surface area contributed by atoms with E-state index in [0.717, 1.165) is 58.6 Å². The summed E-state index contributed by atoms with van der Waals surface area (Å²) in [6.45, 7) is 1.89. The molecule has 4 aromatic rings. The van der Waals surface area contributed by atoms with Crippen LogP contribution in [-0.2, 0) is 20.1 Å². The van der Waals surface area contributed by atoms with E-state index in [2.05, 4.69) is 21.1 Å². The predicted molar refractivity (Wildman–Crippen MR) is 127 cm³/mol. The van der Waals surface area contributed by atoms with Gasteiger partial charge < -0.3 is 14.8 Å². The van der Waals surface area contributed by atoms with Crippen LogP contribution in [0.2, 0.25) is 0 Å². The van der Waals surface area contributed by atoms with Crippen LogP contribution in [0.1, 0.15) is 35.8 Å². The highest BCUT2D eigenvalue weighted by Crippen LogP contribution is 2.43. The molecule has 0 saturated heterocycles. The molecule has 0 spiro atoms. The zero-order chi connectivity index (χ0) is 23.4. The molecule has 0 unspecified atom stereocenters. The van der Waals surface area contributed by atoms with Gasteiger partial charge in [0.2, 0.25) is 0 Å². The largest absolute Gasteiger partial charge is 0.341 e. The number of nitrogens with one attached hydrogen (secondary N) is 1. The highest BCUT2D eigenvalue weighted by Gasteiger charge is 2.34. The fraction of sp³-hybridized carbons (Fsp3) is 0.320. The average Bonchev–Trinajstić information content (AvgIpc) is 3.51. The first-order valence-corrected chi connectivity index (χ1v) is 11.5. The first-order chi connectivity index (χ1) is 16.6. The number of carbonyl (C=O) groups is 1. The summed E-state index contributed by atoms with van der Waals surface area (Å²) in [5.41, 5.74) is 5.58. The number of pyridine rings is 1. The number of amides is 2. The maximum Gasteiger partial charge on any atom is 0.317 e. The first-order valence-electron chi connectivity index (χ1n) is 11.5. The SMILES string of the molecule is CNC(=O)N1CCn2c(C3CC3)nc(-c3cccc4nc(-c5cnn(C)c5)c(C#N)cc34)c2C1. The molecule has 9 nitrogen and oxygen atoms in total. The van der Waals surface area contributed by atoms with Gasteiger partial charge in [-0.1, -0.05) is 12.1 Å². The number of hydrogen-bond donors (Lipinski definition) is 1. The zero-order valence-corrected chi connectivity index (χ0v) is 19.1. The van der Waals surface area contributed by atoms with Crippen LogP contribution in [-0.4, -0.2) is 48.8 Å². The van der Waals surface area contributed by atoms with Crippen LogP contribution in [0.25, 0.3) is 33.4 Å². The number of aryl methyl sites for hydroxylation is 1. The van der Waals surface area contributed by atoms with Crippen LogP contribution in [0, 0.1) is 11.3 Å². The zero-order valence-electron chi connectivity index (χ0n) is 19.1. The van der Waals surface area contributed by atoms with Crippen molar-refractivity contribution in [3.63, 3.8) is 0 Å². The lowest BCUT2D eigenvalue weighted by Crippen LogP contribution is -2.43. The summed E-state index contributed by atoms with van der Waals surface area (Å²) in [6, 6.07) is 10.1. The molecule has 0 atom stereocenters. The summed E-state index contributed by atoms with van der Waals surface area (Å²) >= 11 is 0. The molecular weight excluding hydrogens is 428 g/mol. The van der Waals surface area contributed by atoms with E-state index in [-0.39, 0.29) is 6.03 Å². The molecule has 4 heterocycles. The van der Waals surface area contributed by atoms with E-state index < -0.39 is 0 Å². The van der Waals surface area contributed by atoms with Gasteiger partial charge in [0, 0.05) is 55.8 Å². The highest BCUT2D eigenvalue weighted by atomic mass is 16.2. The van der Waals surface area contributed by atoms with E-state index in [1.807, 2.05) is 42.4 Å². The number of carbonyl (C=O) groups excluding carboxylic acids is 1. The van der Waals surface area contributed by atoms with Gasteiger partial charge in [0.1, 0.15) is 11.9 Å². The average molecular weight is 453 g/mol. The predicted octanol–water partition coefficient (Wildman–Crippen LogP) is 3.40. The minimum atomic E-state index is -0.0844. The van der Waals surface area contributed by atoms with E-state index in [0.29, 0.717) is 30.3 Å². The number of rotatable bonds is 3. The number of aromatic nitrogens is 5. The molecule has 170 valence electrons. The monoisotopic (exact) mass is 452 g/mol. The van der Waals surface area contributed by atoms with Crippen molar-refractivity contribution in [2.45, 2.75) is 31.8 Å². The number of hydrogen-bond acceptors (Lipinski definition) is 5. The third kappa shape index (κ3) is 3.22. The minimum absolute atomic E-state index is 0.0844. The van der Waals surface area contributed by atoms with Crippen LogP contribution in [0.15, 0.2) is 36.7 Å². The van der Waals surface area contributed by atoms with Crippen molar-refractivity contribution in [1.82, 2.24) is 34.5 Å². The fourth-order valence-electron chi connectivity index (χ4n) is 4.85. The second-order valence-corrected chi connectivity index (χ2v) is 8.94. The Balaban J connectivity index is 1.53. The molecule has 1 fully saturated rings. The third-order valence-corrected chi connectivity index (χ3v) is 6.69. The van der Waals surface area contributed by atoms with Crippen LogP contribution >= 0.6 is 0 Å². The number of benzene rings is 1. The molecule has 3 aromatic heterocycles. The summed E-state index contributed by atoms with van der Waals surface area (Å²) in [5, 5.41) is 17.8. The van der Waals surface area contributed by atoms with E-state index in [1.165, 1.54) is 0 Å². The molecule has 1 aliphatic carbocycles. The Hall–Kier alpha value is -4.19. The molecule has 2 amide bonds. The molecule has 1 saturated carbocycles. The van der Waals surface area contributed by atoms with Crippen LogP contribution in [0.4, 0.5) is 4.79 Å². The Morgan fingerprint density at radius 2 is 2.06 bits per heavy atom.